The van der Waals surface area contributed by atoms with E-state index in [9.17, 15) is 13.2 Å². The zero-order valence-corrected chi connectivity index (χ0v) is 17.1. The first-order valence-electron chi connectivity index (χ1n) is 9.68. The molecule has 1 aromatic heterocycles. The van der Waals surface area contributed by atoms with Crippen molar-refractivity contribution >= 4 is 17.3 Å². The van der Waals surface area contributed by atoms with Crippen molar-refractivity contribution < 1.29 is 13.2 Å². The van der Waals surface area contributed by atoms with Crippen LogP contribution in [0.3, 0.4) is 0 Å². The fourth-order valence-electron chi connectivity index (χ4n) is 3.35. The number of likely N-dealkylation sites (tertiary alicyclic amines) is 1. The summed E-state index contributed by atoms with van der Waals surface area (Å²) in [5.41, 5.74) is 0. The van der Waals surface area contributed by atoms with Crippen molar-refractivity contribution in [2.24, 2.45) is 10.9 Å². The lowest BCUT2D eigenvalue weighted by atomic mass is 9.93. The molecular weight excluding hydrogens is 373 g/mol. The standard InChI is InChI=1S/C19H31F3N4S/c1-3-23-18(25(2)11-9-17-5-4-14-27-17)24-10-6-16-7-12-26(13-8-16)15-19(20,21)22/h4-5,14,16H,3,6-13,15H2,1-2H3,(H,23,24). The van der Waals surface area contributed by atoms with Crippen LogP contribution in [-0.4, -0.2) is 68.3 Å². The van der Waals surface area contributed by atoms with E-state index >= 15 is 0 Å². The van der Waals surface area contributed by atoms with E-state index in [2.05, 4.69) is 34.7 Å². The van der Waals surface area contributed by atoms with Gasteiger partial charge in [0, 0.05) is 31.6 Å². The molecule has 0 bridgehead atoms. The molecule has 0 spiro atoms. The Morgan fingerprint density at radius 1 is 1.37 bits per heavy atom. The highest BCUT2D eigenvalue weighted by atomic mass is 32.1. The summed E-state index contributed by atoms with van der Waals surface area (Å²) in [5.74, 6) is 1.38. The molecule has 1 fully saturated rings. The number of alkyl halides is 3. The Bertz CT molecular complexity index is 552. The molecule has 0 amide bonds. The van der Waals surface area contributed by atoms with Crippen molar-refractivity contribution in [3.05, 3.63) is 22.4 Å². The van der Waals surface area contributed by atoms with Gasteiger partial charge in [-0.2, -0.15) is 13.2 Å². The predicted molar refractivity (Wildman–Crippen MR) is 106 cm³/mol. The summed E-state index contributed by atoms with van der Waals surface area (Å²) < 4.78 is 37.4. The second-order valence-electron chi connectivity index (χ2n) is 7.11. The van der Waals surface area contributed by atoms with Crippen LogP contribution in [0, 0.1) is 5.92 Å². The monoisotopic (exact) mass is 404 g/mol. The number of halogens is 3. The summed E-state index contributed by atoms with van der Waals surface area (Å²) in [6, 6.07) is 4.22. The summed E-state index contributed by atoms with van der Waals surface area (Å²) >= 11 is 1.77. The molecule has 1 aliphatic rings. The third kappa shape index (κ3) is 8.51. The zero-order valence-electron chi connectivity index (χ0n) is 16.3. The van der Waals surface area contributed by atoms with Crippen LogP contribution in [-0.2, 0) is 6.42 Å². The van der Waals surface area contributed by atoms with E-state index in [1.165, 1.54) is 9.78 Å². The van der Waals surface area contributed by atoms with Crippen molar-refractivity contribution in [1.82, 2.24) is 15.1 Å². The van der Waals surface area contributed by atoms with Crippen molar-refractivity contribution in [3.8, 4) is 0 Å². The molecule has 27 heavy (non-hydrogen) atoms. The Balaban J connectivity index is 1.73. The minimum absolute atomic E-state index is 0.470. The average molecular weight is 405 g/mol. The first-order chi connectivity index (χ1) is 12.9. The number of hydrogen-bond donors (Lipinski definition) is 1. The maximum Gasteiger partial charge on any atom is 0.401 e. The summed E-state index contributed by atoms with van der Waals surface area (Å²) in [6.45, 7) is 4.79. The highest BCUT2D eigenvalue weighted by Crippen LogP contribution is 2.24. The molecule has 2 heterocycles. The minimum Gasteiger partial charge on any atom is -0.357 e. The van der Waals surface area contributed by atoms with Gasteiger partial charge in [0.05, 0.1) is 6.54 Å². The average Bonchev–Trinajstić information content (AvgIpc) is 3.12. The normalized spacial score (nSPS) is 17.3. The van der Waals surface area contributed by atoms with E-state index in [1.807, 2.05) is 7.05 Å². The largest absolute Gasteiger partial charge is 0.401 e. The van der Waals surface area contributed by atoms with E-state index in [4.69, 9.17) is 4.99 Å². The highest BCUT2D eigenvalue weighted by Gasteiger charge is 2.32. The van der Waals surface area contributed by atoms with E-state index in [0.29, 0.717) is 19.0 Å². The number of aliphatic imine (C=N–C) groups is 1. The maximum absolute atomic E-state index is 12.5. The molecule has 1 aliphatic heterocycles. The van der Waals surface area contributed by atoms with Crippen molar-refractivity contribution in [2.75, 3.05) is 46.3 Å². The molecule has 1 saturated heterocycles. The molecule has 1 aromatic rings. The van der Waals surface area contributed by atoms with E-state index < -0.39 is 12.7 Å². The Kier molecular flexibility index (Phi) is 8.89. The molecule has 1 N–H and O–H groups in total. The fraction of sp³-hybridized carbons (Fsp3) is 0.737. The number of piperidine rings is 1. The number of nitrogens with one attached hydrogen (secondary N) is 1. The Morgan fingerprint density at radius 3 is 2.70 bits per heavy atom. The van der Waals surface area contributed by atoms with Gasteiger partial charge >= 0.3 is 6.18 Å². The van der Waals surface area contributed by atoms with Crippen LogP contribution in [0.15, 0.2) is 22.5 Å². The van der Waals surface area contributed by atoms with E-state index in [1.54, 1.807) is 11.3 Å². The predicted octanol–water partition coefficient (Wildman–Crippen LogP) is 3.85. The van der Waals surface area contributed by atoms with Gasteiger partial charge in [0.2, 0.25) is 0 Å². The van der Waals surface area contributed by atoms with Gasteiger partial charge < -0.3 is 10.2 Å². The molecule has 0 unspecified atom stereocenters. The van der Waals surface area contributed by atoms with Gasteiger partial charge in [-0.1, -0.05) is 6.07 Å². The van der Waals surface area contributed by atoms with Crippen molar-refractivity contribution in [2.45, 2.75) is 38.8 Å². The highest BCUT2D eigenvalue weighted by molar-refractivity contribution is 7.09. The molecule has 0 atom stereocenters. The first kappa shape index (κ1) is 22.0. The van der Waals surface area contributed by atoms with Crippen LogP contribution in [0.5, 0.6) is 0 Å². The number of likely N-dealkylation sites (N-methyl/N-ethyl adjacent to an activating group) is 1. The second kappa shape index (κ2) is 10.9. The lowest BCUT2D eigenvalue weighted by Gasteiger charge is -2.32. The minimum atomic E-state index is -4.09. The Hall–Kier alpha value is -1.28. The fourth-order valence-corrected chi connectivity index (χ4v) is 4.05. The lowest BCUT2D eigenvalue weighted by Crippen LogP contribution is -2.41. The summed E-state index contributed by atoms with van der Waals surface area (Å²) in [4.78, 5) is 9.76. The molecule has 0 aromatic carbocycles. The van der Waals surface area contributed by atoms with Crippen LogP contribution < -0.4 is 5.32 Å². The molecule has 154 valence electrons. The number of hydrogen-bond acceptors (Lipinski definition) is 3. The van der Waals surface area contributed by atoms with E-state index in [-0.39, 0.29) is 0 Å². The molecule has 2 rings (SSSR count). The van der Waals surface area contributed by atoms with Crippen LogP contribution in [0.25, 0.3) is 0 Å². The van der Waals surface area contributed by atoms with Gasteiger partial charge in [-0.3, -0.25) is 9.89 Å². The molecule has 0 aliphatic carbocycles. The van der Waals surface area contributed by atoms with Crippen LogP contribution in [0.1, 0.15) is 31.1 Å². The maximum atomic E-state index is 12.5. The molecular formula is C19H31F3N4S. The van der Waals surface area contributed by atoms with Crippen LogP contribution >= 0.6 is 11.3 Å². The third-order valence-corrected chi connectivity index (χ3v) is 5.82. The van der Waals surface area contributed by atoms with Gasteiger partial charge in [0.15, 0.2) is 5.96 Å². The van der Waals surface area contributed by atoms with Gasteiger partial charge in [-0.15, -0.1) is 11.3 Å². The Morgan fingerprint density at radius 2 is 2.11 bits per heavy atom. The molecule has 0 radical (unpaired) electrons. The van der Waals surface area contributed by atoms with Gasteiger partial charge in [-0.05, 0) is 63.1 Å². The summed E-state index contributed by atoms with van der Waals surface area (Å²) in [6.07, 6.45) is -0.498. The van der Waals surface area contributed by atoms with Gasteiger partial charge in [-0.25, -0.2) is 0 Å². The van der Waals surface area contributed by atoms with Gasteiger partial charge in [0.25, 0.3) is 0 Å². The third-order valence-electron chi connectivity index (χ3n) is 4.88. The van der Waals surface area contributed by atoms with Gasteiger partial charge in [0.1, 0.15) is 0 Å². The second-order valence-corrected chi connectivity index (χ2v) is 8.14. The number of rotatable bonds is 8. The molecule has 8 heteroatoms. The van der Waals surface area contributed by atoms with Crippen LogP contribution in [0.2, 0.25) is 0 Å². The number of nitrogens with zero attached hydrogens (tertiary/aromatic N) is 3. The lowest BCUT2D eigenvalue weighted by molar-refractivity contribution is -0.148. The van der Waals surface area contributed by atoms with Crippen LogP contribution in [0.4, 0.5) is 13.2 Å². The summed E-state index contributed by atoms with van der Waals surface area (Å²) in [5, 5.41) is 5.42. The number of thiophene rings is 1. The smallest absolute Gasteiger partial charge is 0.357 e. The first-order valence-corrected chi connectivity index (χ1v) is 10.6. The topological polar surface area (TPSA) is 30.9 Å². The molecule has 0 saturated carbocycles. The Labute approximate surface area is 164 Å². The quantitative estimate of drug-likeness (QED) is 0.527. The summed E-state index contributed by atoms with van der Waals surface area (Å²) in [7, 11) is 2.05. The SMILES string of the molecule is CCNC(=NCCC1CCN(CC(F)(F)F)CC1)N(C)CCc1cccs1. The molecule has 4 nitrogen and oxygen atoms in total. The van der Waals surface area contributed by atoms with Crippen molar-refractivity contribution in [3.63, 3.8) is 0 Å². The van der Waals surface area contributed by atoms with Crippen molar-refractivity contribution in [1.29, 1.82) is 0 Å². The zero-order chi connectivity index (χ0) is 19.7. The number of guanidine groups is 1. The van der Waals surface area contributed by atoms with E-state index in [0.717, 1.165) is 51.3 Å².